The summed E-state index contributed by atoms with van der Waals surface area (Å²) in [5, 5.41) is 2.84. The number of rotatable bonds is 7. The van der Waals surface area contributed by atoms with Crippen molar-refractivity contribution in [3.8, 4) is 0 Å². The first kappa shape index (κ1) is 22.2. The van der Waals surface area contributed by atoms with Gasteiger partial charge < -0.3 is 20.0 Å². The van der Waals surface area contributed by atoms with Crippen LogP contribution in [0.5, 0.6) is 0 Å². The molecule has 3 amide bonds. The second-order valence-corrected chi connectivity index (χ2v) is 7.30. The van der Waals surface area contributed by atoms with Gasteiger partial charge in [-0.2, -0.15) is 0 Å². The van der Waals surface area contributed by atoms with Crippen molar-refractivity contribution in [2.45, 2.75) is 19.9 Å². The third-order valence-corrected chi connectivity index (χ3v) is 4.45. The van der Waals surface area contributed by atoms with Crippen LogP contribution in [0.4, 0.5) is 20.6 Å². The molecule has 29 heavy (non-hydrogen) atoms. The number of halogens is 1. The van der Waals surface area contributed by atoms with E-state index in [1.807, 2.05) is 44.1 Å². The van der Waals surface area contributed by atoms with Crippen LogP contribution in [-0.4, -0.2) is 56.5 Å². The van der Waals surface area contributed by atoms with E-state index in [-0.39, 0.29) is 17.8 Å². The van der Waals surface area contributed by atoms with Crippen LogP contribution in [0.25, 0.3) is 0 Å². The van der Waals surface area contributed by atoms with E-state index in [9.17, 15) is 14.0 Å². The first-order valence-electron chi connectivity index (χ1n) is 9.56. The van der Waals surface area contributed by atoms with Gasteiger partial charge in [-0.15, -0.1) is 0 Å². The molecule has 0 unspecified atom stereocenters. The summed E-state index contributed by atoms with van der Waals surface area (Å²) >= 11 is 0. The number of anilines is 2. The van der Waals surface area contributed by atoms with E-state index in [1.54, 1.807) is 19.0 Å². The number of carbonyl (C=O) groups is 2. The Kier molecular flexibility index (Phi) is 7.59. The smallest absolute Gasteiger partial charge is 0.321 e. The van der Waals surface area contributed by atoms with E-state index in [0.29, 0.717) is 24.3 Å². The third kappa shape index (κ3) is 5.94. The van der Waals surface area contributed by atoms with Gasteiger partial charge in [-0.25, -0.2) is 9.18 Å². The Morgan fingerprint density at radius 3 is 2.21 bits per heavy atom. The molecule has 0 fully saturated rings. The van der Waals surface area contributed by atoms with Crippen molar-refractivity contribution in [2.75, 3.05) is 45.0 Å². The van der Waals surface area contributed by atoms with Crippen LogP contribution in [-0.2, 0) is 6.54 Å². The summed E-state index contributed by atoms with van der Waals surface area (Å²) in [6, 6.07) is 11.0. The standard InChI is InChI=1S/C22H29FN4O2/c1-6-13-27(21(28)16-7-9-18(23)10-8-16)15-17-14-19(24-22(29)26(4)5)11-12-20(17)25(2)3/h7-12,14H,6,13,15H2,1-5H3,(H,24,29). The average molecular weight is 400 g/mol. The van der Waals surface area contributed by atoms with Crippen molar-refractivity contribution in [2.24, 2.45) is 0 Å². The molecule has 0 saturated heterocycles. The Morgan fingerprint density at radius 1 is 1.00 bits per heavy atom. The van der Waals surface area contributed by atoms with Gasteiger partial charge in [0.05, 0.1) is 0 Å². The zero-order valence-electron chi connectivity index (χ0n) is 17.7. The topological polar surface area (TPSA) is 55.9 Å². The average Bonchev–Trinajstić information content (AvgIpc) is 2.67. The fourth-order valence-corrected chi connectivity index (χ4v) is 2.96. The number of benzene rings is 2. The van der Waals surface area contributed by atoms with Gasteiger partial charge in [0.25, 0.3) is 5.91 Å². The Hall–Kier alpha value is -3.09. The van der Waals surface area contributed by atoms with Crippen LogP contribution in [0.1, 0.15) is 29.3 Å². The molecule has 0 bridgehead atoms. The van der Waals surface area contributed by atoms with Crippen LogP contribution < -0.4 is 10.2 Å². The molecule has 2 aromatic carbocycles. The molecule has 0 heterocycles. The van der Waals surface area contributed by atoms with Crippen molar-refractivity contribution in [1.82, 2.24) is 9.80 Å². The highest BCUT2D eigenvalue weighted by Crippen LogP contribution is 2.25. The second-order valence-electron chi connectivity index (χ2n) is 7.30. The van der Waals surface area contributed by atoms with E-state index < -0.39 is 0 Å². The van der Waals surface area contributed by atoms with Crippen molar-refractivity contribution in [3.63, 3.8) is 0 Å². The van der Waals surface area contributed by atoms with Crippen LogP contribution in [0, 0.1) is 5.82 Å². The van der Waals surface area contributed by atoms with Gasteiger partial charge in [0.1, 0.15) is 5.82 Å². The van der Waals surface area contributed by atoms with Crippen LogP contribution in [0.3, 0.4) is 0 Å². The first-order valence-corrected chi connectivity index (χ1v) is 9.56. The maximum Gasteiger partial charge on any atom is 0.321 e. The summed E-state index contributed by atoms with van der Waals surface area (Å²) in [6.45, 7) is 2.95. The quantitative estimate of drug-likeness (QED) is 0.763. The fraction of sp³-hybridized carbons (Fsp3) is 0.364. The molecule has 2 aromatic rings. The largest absolute Gasteiger partial charge is 0.377 e. The minimum atomic E-state index is -0.372. The first-order chi connectivity index (χ1) is 13.7. The number of urea groups is 1. The Bertz CT molecular complexity index is 850. The van der Waals surface area contributed by atoms with E-state index in [2.05, 4.69) is 5.32 Å². The van der Waals surface area contributed by atoms with Crippen molar-refractivity contribution in [1.29, 1.82) is 0 Å². The maximum atomic E-state index is 13.2. The van der Waals surface area contributed by atoms with Crippen molar-refractivity contribution in [3.05, 3.63) is 59.4 Å². The molecule has 0 aliphatic heterocycles. The lowest BCUT2D eigenvalue weighted by Gasteiger charge is -2.26. The second kappa shape index (κ2) is 9.91. The minimum absolute atomic E-state index is 0.153. The summed E-state index contributed by atoms with van der Waals surface area (Å²) in [4.78, 5) is 30.2. The predicted molar refractivity (Wildman–Crippen MR) is 115 cm³/mol. The van der Waals surface area contributed by atoms with E-state index in [1.165, 1.54) is 29.2 Å². The highest BCUT2D eigenvalue weighted by molar-refractivity contribution is 5.94. The summed E-state index contributed by atoms with van der Waals surface area (Å²) in [5.74, 6) is -0.526. The molecule has 0 aliphatic rings. The number of nitrogens with zero attached hydrogens (tertiary/aromatic N) is 3. The monoisotopic (exact) mass is 400 g/mol. The zero-order chi connectivity index (χ0) is 21.6. The van der Waals surface area contributed by atoms with E-state index in [0.717, 1.165) is 17.7 Å². The van der Waals surface area contributed by atoms with Gasteiger partial charge in [-0.05, 0) is 54.4 Å². The molecule has 1 N–H and O–H groups in total. The molecule has 2 rings (SSSR count). The molecule has 0 aromatic heterocycles. The molecule has 0 spiro atoms. The summed E-state index contributed by atoms with van der Waals surface area (Å²) in [5.41, 5.74) is 2.98. The van der Waals surface area contributed by atoms with E-state index in [4.69, 9.17) is 0 Å². The highest BCUT2D eigenvalue weighted by atomic mass is 19.1. The predicted octanol–water partition coefficient (Wildman–Crippen LogP) is 4.04. The number of amides is 3. The number of carbonyl (C=O) groups excluding carboxylic acids is 2. The fourth-order valence-electron chi connectivity index (χ4n) is 2.96. The van der Waals surface area contributed by atoms with Gasteiger partial charge in [0.2, 0.25) is 0 Å². The summed E-state index contributed by atoms with van der Waals surface area (Å²) < 4.78 is 13.2. The maximum absolute atomic E-state index is 13.2. The van der Waals surface area contributed by atoms with Gasteiger partial charge in [-0.3, -0.25) is 4.79 Å². The highest BCUT2D eigenvalue weighted by Gasteiger charge is 2.18. The SMILES string of the molecule is CCCN(Cc1cc(NC(=O)N(C)C)ccc1N(C)C)C(=O)c1ccc(F)cc1. The minimum Gasteiger partial charge on any atom is -0.377 e. The molecular formula is C22H29FN4O2. The molecule has 7 heteroatoms. The molecule has 0 aliphatic carbocycles. The van der Waals surface area contributed by atoms with Gasteiger partial charge in [0, 0.05) is 58.2 Å². The van der Waals surface area contributed by atoms with Gasteiger partial charge >= 0.3 is 6.03 Å². The number of hydrogen-bond donors (Lipinski definition) is 1. The molecule has 6 nitrogen and oxygen atoms in total. The zero-order valence-corrected chi connectivity index (χ0v) is 17.7. The van der Waals surface area contributed by atoms with Crippen molar-refractivity contribution >= 4 is 23.3 Å². The Morgan fingerprint density at radius 2 is 1.66 bits per heavy atom. The molecule has 0 atom stereocenters. The molecule has 156 valence electrons. The summed E-state index contributed by atoms with van der Waals surface area (Å²) in [7, 11) is 7.22. The lowest BCUT2D eigenvalue weighted by Crippen LogP contribution is -2.32. The Labute approximate surface area is 171 Å². The van der Waals surface area contributed by atoms with Crippen LogP contribution >= 0.6 is 0 Å². The lowest BCUT2D eigenvalue weighted by molar-refractivity contribution is 0.0743. The van der Waals surface area contributed by atoms with Crippen LogP contribution in [0.15, 0.2) is 42.5 Å². The molecule has 0 radical (unpaired) electrons. The summed E-state index contributed by atoms with van der Waals surface area (Å²) in [6.07, 6.45) is 0.793. The lowest BCUT2D eigenvalue weighted by atomic mass is 10.1. The molecule has 0 saturated carbocycles. The Balaban J connectivity index is 2.34. The number of hydrogen-bond acceptors (Lipinski definition) is 3. The third-order valence-electron chi connectivity index (χ3n) is 4.45. The van der Waals surface area contributed by atoms with Crippen LogP contribution in [0.2, 0.25) is 0 Å². The van der Waals surface area contributed by atoms with Crippen molar-refractivity contribution < 1.29 is 14.0 Å². The van der Waals surface area contributed by atoms with Gasteiger partial charge in [0.15, 0.2) is 0 Å². The molecular weight excluding hydrogens is 371 g/mol. The van der Waals surface area contributed by atoms with E-state index >= 15 is 0 Å². The normalized spacial score (nSPS) is 10.4. The number of nitrogens with one attached hydrogen (secondary N) is 1. The van der Waals surface area contributed by atoms with Gasteiger partial charge in [-0.1, -0.05) is 6.92 Å².